The lowest BCUT2D eigenvalue weighted by Crippen LogP contribution is -2.16. The summed E-state index contributed by atoms with van der Waals surface area (Å²) in [6.45, 7) is 2.88. The van der Waals surface area contributed by atoms with E-state index in [0.29, 0.717) is 0 Å². The Morgan fingerprint density at radius 2 is 1.86 bits per heavy atom. The molecule has 0 saturated carbocycles. The second-order valence-electron chi connectivity index (χ2n) is 4.61. The molecule has 0 unspecified atom stereocenters. The first kappa shape index (κ1) is 15.2. The Morgan fingerprint density at radius 1 is 1.24 bits per heavy atom. The van der Waals surface area contributed by atoms with Gasteiger partial charge >= 0.3 is 0 Å². The number of rotatable bonds is 3. The van der Waals surface area contributed by atoms with Crippen molar-refractivity contribution in [3.05, 3.63) is 35.0 Å². The smallest absolute Gasteiger partial charge is 0.267 e. The van der Waals surface area contributed by atoms with E-state index in [1.54, 1.807) is 0 Å². The maximum Gasteiger partial charge on any atom is 0.267 e. The van der Waals surface area contributed by atoms with Crippen LogP contribution in [0.15, 0.2) is 17.0 Å². The number of hydrogen-bond donors (Lipinski definition) is 2. The fourth-order valence-corrected chi connectivity index (χ4v) is 3.25. The van der Waals surface area contributed by atoms with Gasteiger partial charge in [-0.2, -0.15) is 5.10 Å². The number of anilines is 2. The normalized spacial score (nSPS) is 11.7. The fourth-order valence-electron chi connectivity index (χ4n) is 1.87. The molecule has 2 rings (SSSR count). The van der Waals surface area contributed by atoms with Gasteiger partial charge in [-0.15, -0.1) is 0 Å². The van der Waals surface area contributed by atoms with Crippen LogP contribution in [0.25, 0.3) is 0 Å². The number of nitrogens with two attached hydrogens (primary N) is 1. The minimum absolute atomic E-state index is 0.0764. The van der Waals surface area contributed by atoms with E-state index >= 15 is 0 Å². The molecule has 114 valence electrons. The van der Waals surface area contributed by atoms with E-state index in [2.05, 4.69) is 5.10 Å². The molecule has 0 fully saturated rings. The molecule has 0 atom stereocenters. The number of sulfonamides is 1. The highest BCUT2D eigenvalue weighted by Crippen LogP contribution is 2.26. The molecule has 0 aliphatic rings. The lowest BCUT2D eigenvalue weighted by Gasteiger charge is -2.10. The molecule has 2 aromatic rings. The van der Waals surface area contributed by atoms with Crippen molar-refractivity contribution in [1.29, 1.82) is 0 Å². The van der Waals surface area contributed by atoms with Gasteiger partial charge in [0.15, 0.2) is 10.7 Å². The summed E-state index contributed by atoms with van der Waals surface area (Å²) >= 11 is 0. The summed E-state index contributed by atoms with van der Waals surface area (Å²) in [7, 11) is -2.65. The average molecular weight is 316 g/mol. The van der Waals surface area contributed by atoms with Gasteiger partial charge in [-0.3, -0.25) is 9.40 Å². The van der Waals surface area contributed by atoms with E-state index in [1.165, 1.54) is 25.6 Å². The van der Waals surface area contributed by atoms with Crippen LogP contribution in [0, 0.1) is 25.5 Å². The second kappa shape index (κ2) is 4.99. The Kier molecular flexibility index (Phi) is 3.62. The molecule has 0 aliphatic heterocycles. The minimum atomic E-state index is -4.17. The van der Waals surface area contributed by atoms with Crippen molar-refractivity contribution in [3.8, 4) is 0 Å². The summed E-state index contributed by atoms with van der Waals surface area (Å²) in [5, 5.41) is 3.78. The molecule has 0 amide bonds. The quantitative estimate of drug-likeness (QED) is 0.902. The number of halogens is 2. The van der Waals surface area contributed by atoms with Crippen LogP contribution in [0.4, 0.5) is 20.3 Å². The summed E-state index contributed by atoms with van der Waals surface area (Å²) in [5.74, 6) is -1.81. The van der Waals surface area contributed by atoms with Gasteiger partial charge < -0.3 is 5.73 Å². The molecule has 0 saturated heterocycles. The SMILES string of the molecule is Cc1cc(F)c(NS(=O)(=O)c2c(N)nn(C)c2C)cc1F. The number of aryl methyl sites for hydroxylation is 2. The van der Waals surface area contributed by atoms with E-state index in [9.17, 15) is 17.2 Å². The molecular formula is C12H14F2N4O2S. The van der Waals surface area contributed by atoms with Crippen molar-refractivity contribution in [2.45, 2.75) is 18.7 Å². The second-order valence-corrected chi connectivity index (χ2v) is 6.23. The van der Waals surface area contributed by atoms with Crippen LogP contribution in [0.3, 0.4) is 0 Å². The Balaban J connectivity index is 2.50. The molecule has 0 bridgehead atoms. The van der Waals surface area contributed by atoms with Gasteiger partial charge in [-0.05, 0) is 25.5 Å². The van der Waals surface area contributed by atoms with E-state index in [-0.39, 0.29) is 22.0 Å². The topological polar surface area (TPSA) is 90.0 Å². The summed E-state index contributed by atoms with van der Waals surface area (Å²) in [6.07, 6.45) is 0. The van der Waals surface area contributed by atoms with Crippen LogP contribution in [0.1, 0.15) is 11.3 Å². The number of nitrogens with zero attached hydrogens (tertiary/aromatic N) is 2. The summed E-state index contributed by atoms with van der Waals surface area (Å²) in [5.41, 5.74) is 5.43. The first-order chi connectivity index (χ1) is 9.63. The largest absolute Gasteiger partial charge is 0.381 e. The van der Waals surface area contributed by atoms with Crippen molar-refractivity contribution in [3.63, 3.8) is 0 Å². The van der Waals surface area contributed by atoms with E-state index in [1.807, 2.05) is 4.72 Å². The summed E-state index contributed by atoms with van der Waals surface area (Å²) in [6, 6.07) is 1.69. The Labute approximate surface area is 120 Å². The summed E-state index contributed by atoms with van der Waals surface area (Å²) in [4.78, 5) is -0.259. The van der Waals surface area contributed by atoms with E-state index in [4.69, 9.17) is 5.73 Å². The average Bonchev–Trinajstić information content (AvgIpc) is 2.60. The number of hydrogen-bond acceptors (Lipinski definition) is 4. The minimum Gasteiger partial charge on any atom is -0.381 e. The van der Waals surface area contributed by atoms with Crippen LogP contribution in [-0.4, -0.2) is 18.2 Å². The molecule has 6 nitrogen and oxygen atoms in total. The first-order valence-electron chi connectivity index (χ1n) is 5.91. The van der Waals surface area contributed by atoms with Crippen LogP contribution in [0.5, 0.6) is 0 Å². The molecule has 0 aliphatic carbocycles. The summed E-state index contributed by atoms with van der Waals surface area (Å²) < 4.78 is 55.0. The van der Waals surface area contributed by atoms with Gasteiger partial charge in [0.2, 0.25) is 0 Å². The zero-order chi connectivity index (χ0) is 15.9. The van der Waals surface area contributed by atoms with Crippen LogP contribution in [-0.2, 0) is 17.1 Å². The predicted molar refractivity (Wildman–Crippen MR) is 74.3 cm³/mol. The van der Waals surface area contributed by atoms with Gasteiger partial charge in [0.1, 0.15) is 11.6 Å². The van der Waals surface area contributed by atoms with Crippen LogP contribution < -0.4 is 10.5 Å². The molecule has 1 aromatic carbocycles. The molecule has 0 radical (unpaired) electrons. The van der Waals surface area contributed by atoms with Crippen molar-refractivity contribution in [2.75, 3.05) is 10.5 Å². The lowest BCUT2D eigenvalue weighted by molar-refractivity contribution is 0.590. The van der Waals surface area contributed by atoms with Gasteiger partial charge in [0.25, 0.3) is 10.0 Å². The highest BCUT2D eigenvalue weighted by molar-refractivity contribution is 7.93. The van der Waals surface area contributed by atoms with Gasteiger partial charge in [0.05, 0.1) is 11.4 Å². The van der Waals surface area contributed by atoms with Crippen LogP contribution in [0.2, 0.25) is 0 Å². The zero-order valence-corrected chi connectivity index (χ0v) is 12.4. The zero-order valence-electron chi connectivity index (χ0n) is 11.6. The van der Waals surface area contributed by atoms with Crippen LogP contribution >= 0.6 is 0 Å². The monoisotopic (exact) mass is 316 g/mol. The molecule has 21 heavy (non-hydrogen) atoms. The standard InChI is InChI=1S/C12H14F2N4O2S/c1-6-4-9(14)10(5-8(6)13)17-21(19,20)11-7(2)18(3)16-12(11)15/h4-5,17H,1-3H3,(H2,15,16). The number of benzene rings is 1. The van der Waals surface area contributed by atoms with Crippen molar-refractivity contribution < 1.29 is 17.2 Å². The molecule has 9 heteroatoms. The number of aromatic nitrogens is 2. The van der Waals surface area contributed by atoms with E-state index in [0.717, 1.165) is 12.1 Å². The van der Waals surface area contributed by atoms with Gasteiger partial charge in [-0.1, -0.05) is 0 Å². The molecule has 0 spiro atoms. The molecular weight excluding hydrogens is 302 g/mol. The Morgan fingerprint density at radius 3 is 2.38 bits per heavy atom. The Bertz CT molecular complexity index is 815. The lowest BCUT2D eigenvalue weighted by atomic mass is 10.2. The number of nitrogens with one attached hydrogen (secondary N) is 1. The molecule has 1 heterocycles. The third-order valence-electron chi connectivity index (χ3n) is 3.07. The fraction of sp³-hybridized carbons (Fsp3) is 0.250. The predicted octanol–water partition coefficient (Wildman–Crippen LogP) is 1.70. The van der Waals surface area contributed by atoms with Crippen molar-refractivity contribution >= 4 is 21.5 Å². The molecule has 1 aromatic heterocycles. The highest BCUT2D eigenvalue weighted by Gasteiger charge is 2.26. The third-order valence-corrected chi connectivity index (χ3v) is 4.60. The van der Waals surface area contributed by atoms with Gasteiger partial charge in [-0.25, -0.2) is 17.2 Å². The van der Waals surface area contributed by atoms with E-state index < -0.39 is 27.3 Å². The highest BCUT2D eigenvalue weighted by atomic mass is 32.2. The first-order valence-corrected chi connectivity index (χ1v) is 7.39. The maximum atomic E-state index is 13.7. The number of nitrogen functional groups attached to an aromatic ring is 1. The van der Waals surface area contributed by atoms with Gasteiger partial charge in [0, 0.05) is 13.1 Å². The van der Waals surface area contributed by atoms with Crippen molar-refractivity contribution in [1.82, 2.24) is 9.78 Å². The van der Waals surface area contributed by atoms with Crippen molar-refractivity contribution in [2.24, 2.45) is 7.05 Å². The third kappa shape index (κ3) is 2.68. The maximum absolute atomic E-state index is 13.7. The Hall–Kier alpha value is -2.16. The molecule has 3 N–H and O–H groups in total.